The van der Waals surface area contributed by atoms with Gasteiger partial charge in [-0.15, -0.1) is 0 Å². The van der Waals surface area contributed by atoms with E-state index in [4.69, 9.17) is 4.74 Å². The first-order valence-corrected chi connectivity index (χ1v) is 10.1. The Morgan fingerprint density at radius 3 is 2.44 bits per heavy atom. The molecular formula is C18H16BrNO4S. The fraction of sp³-hybridized carbons (Fsp3) is 0.167. The summed E-state index contributed by atoms with van der Waals surface area (Å²) in [7, 11) is -1.81. The molecule has 1 atom stereocenters. The van der Waals surface area contributed by atoms with E-state index in [9.17, 15) is 13.2 Å². The molecule has 2 aromatic carbocycles. The van der Waals surface area contributed by atoms with Gasteiger partial charge in [-0.25, -0.2) is 8.42 Å². The molecule has 0 fully saturated rings. The highest BCUT2D eigenvalue weighted by Gasteiger charge is 2.33. The molecular weight excluding hydrogens is 406 g/mol. The van der Waals surface area contributed by atoms with Gasteiger partial charge in [0.05, 0.1) is 24.5 Å². The number of anilines is 1. The number of rotatable bonds is 4. The lowest BCUT2D eigenvalue weighted by atomic mass is 10.1. The molecule has 25 heavy (non-hydrogen) atoms. The first-order valence-electron chi connectivity index (χ1n) is 7.54. The molecule has 2 aromatic rings. The number of para-hydroxylation sites is 1. The monoisotopic (exact) mass is 421 g/mol. The lowest BCUT2D eigenvalue weighted by Crippen LogP contribution is -2.41. The Hall–Kier alpha value is -2.12. The van der Waals surface area contributed by atoms with E-state index < -0.39 is 15.9 Å². The number of halogens is 1. The van der Waals surface area contributed by atoms with Crippen molar-refractivity contribution in [2.24, 2.45) is 0 Å². The smallest absolute Gasteiger partial charge is 0.262 e. The fourth-order valence-corrected chi connectivity index (χ4v) is 4.26. The molecule has 3 rings (SSSR count). The van der Waals surface area contributed by atoms with Gasteiger partial charge < -0.3 is 9.64 Å². The number of hydrogen-bond donors (Lipinski definition) is 0. The lowest BCUT2D eigenvalue weighted by Gasteiger charge is -2.28. The number of carbonyl (C=O) groups is 1. The van der Waals surface area contributed by atoms with Crippen molar-refractivity contribution in [1.82, 2.24) is 0 Å². The van der Waals surface area contributed by atoms with Gasteiger partial charge in [-0.3, -0.25) is 4.79 Å². The number of carbonyl (C=O) groups excluding carboxylic acids is 1. The molecule has 0 aromatic heterocycles. The molecule has 0 radical (unpaired) electrons. The lowest BCUT2D eigenvalue weighted by molar-refractivity contribution is 0.0980. The van der Waals surface area contributed by atoms with Gasteiger partial charge in [0.2, 0.25) is 0 Å². The van der Waals surface area contributed by atoms with E-state index in [0.29, 0.717) is 17.0 Å². The highest BCUT2D eigenvalue weighted by molar-refractivity contribution is 9.10. The van der Waals surface area contributed by atoms with Crippen molar-refractivity contribution in [3.63, 3.8) is 0 Å². The van der Waals surface area contributed by atoms with Gasteiger partial charge in [-0.1, -0.05) is 28.1 Å². The Labute approximate surface area is 155 Å². The maximum atomic E-state index is 13.2. The molecule has 5 nitrogen and oxygen atoms in total. The van der Waals surface area contributed by atoms with Crippen LogP contribution in [0.4, 0.5) is 5.69 Å². The Bertz CT molecular complexity index is 922. The van der Waals surface area contributed by atoms with Gasteiger partial charge >= 0.3 is 0 Å². The van der Waals surface area contributed by atoms with E-state index >= 15 is 0 Å². The molecule has 0 saturated carbocycles. The van der Waals surface area contributed by atoms with E-state index in [1.54, 1.807) is 42.5 Å². The van der Waals surface area contributed by atoms with E-state index in [2.05, 4.69) is 15.9 Å². The van der Waals surface area contributed by atoms with Crippen LogP contribution in [0.2, 0.25) is 0 Å². The van der Waals surface area contributed by atoms with Crippen LogP contribution in [0.1, 0.15) is 10.4 Å². The number of methoxy groups -OCH3 is 1. The molecule has 1 aliphatic heterocycles. The predicted molar refractivity (Wildman–Crippen MR) is 101 cm³/mol. The summed E-state index contributed by atoms with van der Waals surface area (Å²) < 4.78 is 29.9. The van der Waals surface area contributed by atoms with Crippen molar-refractivity contribution in [2.75, 3.05) is 17.8 Å². The summed E-state index contributed by atoms with van der Waals surface area (Å²) >= 11 is 3.37. The van der Waals surface area contributed by atoms with Crippen LogP contribution in [-0.2, 0) is 9.84 Å². The van der Waals surface area contributed by atoms with E-state index in [-0.39, 0.29) is 11.7 Å². The van der Waals surface area contributed by atoms with E-state index in [0.717, 1.165) is 4.47 Å². The Balaban J connectivity index is 2.06. The van der Waals surface area contributed by atoms with Crippen LogP contribution in [0.5, 0.6) is 5.75 Å². The van der Waals surface area contributed by atoms with Gasteiger partial charge in [-0.05, 0) is 42.5 Å². The number of hydrogen-bond acceptors (Lipinski definition) is 4. The fourth-order valence-electron chi connectivity index (χ4n) is 2.73. The summed E-state index contributed by atoms with van der Waals surface area (Å²) in [6, 6.07) is 13.5. The standard InChI is InChI=1S/C18H16BrNO4S/c1-24-17-5-3-2-4-16(17)18(21)20(14-8-6-13(19)7-9-14)15-10-11-25(22,23)12-15/h2-11,15H,12H2,1H3. The van der Waals surface area contributed by atoms with Crippen molar-refractivity contribution >= 4 is 37.4 Å². The minimum absolute atomic E-state index is 0.135. The number of sulfone groups is 1. The first kappa shape index (κ1) is 17.7. The Morgan fingerprint density at radius 2 is 1.84 bits per heavy atom. The average molecular weight is 422 g/mol. The largest absolute Gasteiger partial charge is 0.496 e. The molecule has 0 aliphatic carbocycles. The van der Waals surface area contributed by atoms with Crippen LogP contribution >= 0.6 is 15.9 Å². The molecule has 1 aliphatic rings. The van der Waals surface area contributed by atoms with E-state index in [1.165, 1.54) is 17.4 Å². The summed E-state index contributed by atoms with van der Waals surface area (Å²) in [6.45, 7) is 0. The zero-order valence-electron chi connectivity index (χ0n) is 13.4. The summed E-state index contributed by atoms with van der Waals surface area (Å²) in [5.41, 5.74) is 0.997. The maximum Gasteiger partial charge on any atom is 0.262 e. The van der Waals surface area contributed by atoms with Crippen LogP contribution in [0, 0.1) is 0 Å². The van der Waals surface area contributed by atoms with Crippen molar-refractivity contribution in [3.8, 4) is 5.75 Å². The summed E-state index contributed by atoms with van der Waals surface area (Å²) in [6.07, 6.45) is 1.55. The minimum Gasteiger partial charge on any atom is -0.496 e. The molecule has 1 heterocycles. The number of benzene rings is 2. The predicted octanol–water partition coefficient (Wildman–Crippen LogP) is 3.42. The first-order chi connectivity index (χ1) is 11.9. The van der Waals surface area contributed by atoms with Gasteiger partial charge in [0.25, 0.3) is 5.91 Å². The minimum atomic E-state index is -3.30. The number of amides is 1. The molecule has 7 heteroatoms. The zero-order chi connectivity index (χ0) is 18.0. The normalized spacial score (nSPS) is 18.1. The van der Waals surface area contributed by atoms with Gasteiger partial charge in [0, 0.05) is 15.6 Å². The second-order valence-corrected chi connectivity index (χ2v) is 8.42. The quantitative estimate of drug-likeness (QED) is 0.758. The van der Waals surface area contributed by atoms with Crippen LogP contribution < -0.4 is 9.64 Å². The summed E-state index contributed by atoms with van der Waals surface area (Å²) in [4.78, 5) is 14.7. The van der Waals surface area contributed by atoms with E-state index in [1.807, 2.05) is 12.1 Å². The zero-order valence-corrected chi connectivity index (χ0v) is 15.8. The van der Waals surface area contributed by atoms with Crippen LogP contribution in [0.25, 0.3) is 0 Å². The Morgan fingerprint density at radius 1 is 1.16 bits per heavy atom. The molecule has 0 saturated heterocycles. The maximum absolute atomic E-state index is 13.2. The summed E-state index contributed by atoms with van der Waals surface area (Å²) in [5.74, 6) is -0.00444. The van der Waals surface area contributed by atoms with Gasteiger partial charge in [0.1, 0.15) is 5.75 Å². The molecule has 130 valence electrons. The average Bonchev–Trinajstić information content (AvgIpc) is 2.96. The molecule has 0 N–H and O–H groups in total. The molecule has 1 unspecified atom stereocenters. The highest BCUT2D eigenvalue weighted by atomic mass is 79.9. The third kappa shape index (κ3) is 3.77. The second kappa shape index (κ2) is 7.01. The second-order valence-electron chi connectivity index (χ2n) is 5.58. The Kier molecular flexibility index (Phi) is 4.96. The number of nitrogens with zero attached hydrogens (tertiary/aromatic N) is 1. The number of ether oxygens (including phenoxy) is 1. The SMILES string of the molecule is COc1ccccc1C(=O)N(c1ccc(Br)cc1)C1C=CS(=O)(=O)C1. The molecule has 0 spiro atoms. The van der Waals surface area contributed by atoms with Crippen molar-refractivity contribution in [1.29, 1.82) is 0 Å². The van der Waals surface area contributed by atoms with Gasteiger partial charge in [-0.2, -0.15) is 0 Å². The van der Waals surface area contributed by atoms with Gasteiger partial charge in [0.15, 0.2) is 9.84 Å². The highest BCUT2D eigenvalue weighted by Crippen LogP contribution is 2.29. The third-order valence-corrected chi connectivity index (χ3v) is 5.81. The third-order valence-electron chi connectivity index (χ3n) is 3.90. The van der Waals surface area contributed by atoms with Crippen molar-refractivity contribution < 1.29 is 17.9 Å². The van der Waals surface area contributed by atoms with Crippen LogP contribution in [0.3, 0.4) is 0 Å². The topological polar surface area (TPSA) is 63.7 Å². The van der Waals surface area contributed by atoms with Crippen LogP contribution in [0.15, 0.2) is 64.5 Å². The molecule has 1 amide bonds. The van der Waals surface area contributed by atoms with Crippen molar-refractivity contribution in [3.05, 3.63) is 70.1 Å². The van der Waals surface area contributed by atoms with Crippen LogP contribution in [-0.4, -0.2) is 33.2 Å². The van der Waals surface area contributed by atoms with Crippen molar-refractivity contribution in [2.45, 2.75) is 6.04 Å². The molecule has 0 bridgehead atoms. The summed E-state index contributed by atoms with van der Waals surface area (Å²) in [5, 5.41) is 1.17.